The number of hydrogen-bond donors (Lipinski definition) is 2. The molecule has 1 fully saturated rings. The molecule has 5 rings (SSSR count). The summed E-state index contributed by atoms with van der Waals surface area (Å²) in [4.78, 5) is 22.4. The van der Waals surface area contributed by atoms with Crippen LogP contribution < -0.4 is 4.72 Å². The summed E-state index contributed by atoms with van der Waals surface area (Å²) in [6, 6.07) is 16.5. The van der Waals surface area contributed by atoms with Crippen LogP contribution in [0.25, 0.3) is 33.3 Å². The number of pyridine rings is 1. The van der Waals surface area contributed by atoms with E-state index in [0.717, 1.165) is 54.3 Å². The van der Waals surface area contributed by atoms with Crippen molar-refractivity contribution < 1.29 is 13.2 Å². The lowest BCUT2D eigenvalue weighted by molar-refractivity contribution is 0.0793. The number of carbonyl (C=O) groups excluding carboxylic acids is 1. The summed E-state index contributed by atoms with van der Waals surface area (Å²) in [6.45, 7) is 1.59. The van der Waals surface area contributed by atoms with Crippen molar-refractivity contribution in [2.24, 2.45) is 0 Å². The van der Waals surface area contributed by atoms with Gasteiger partial charge in [0, 0.05) is 47.6 Å². The first-order chi connectivity index (χ1) is 16.8. The molecular formula is C26H23N5O3S. The Balaban J connectivity index is 1.56. The normalized spacial score (nSPS) is 13.7. The maximum Gasteiger partial charge on any atom is 0.253 e. The fourth-order valence-corrected chi connectivity index (χ4v) is 5.00. The molecule has 9 heteroatoms. The molecule has 0 spiro atoms. The molecule has 35 heavy (non-hydrogen) atoms. The van der Waals surface area contributed by atoms with Crippen LogP contribution >= 0.6 is 0 Å². The van der Waals surface area contributed by atoms with Gasteiger partial charge in [0.05, 0.1) is 23.6 Å². The molecule has 1 aliphatic heterocycles. The number of anilines is 1. The average Bonchev–Trinajstić information content (AvgIpc) is 3.52. The van der Waals surface area contributed by atoms with E-state index in [1.54, 1.807) is 24.5 Å². The largest absolute Gasteiger partial charge is 0.346 e. The predicted molar refractivity (Wildman–Crippen MR) is 135 cm³/mol. The molecule has 1 amide bonds. The Kier molecular flexibility index (Phi) is 5.75. The van der Waals surface area contributed by atoms with Crippen molar-refractivity contribution in [1.29, 1.82) is 5.26 Å². The molecule has 0 unspecified atom stereocenters. The van der Waals surface area contributed by atoms with Crippen LogP contribution in [-0.2, 0) is 10.0 Å². The summed E-state index contributed by atoms with van der Waals surface area (Å²) >= 11 is 0. The summed E-state index contributed by atoms with van der Waals surface area (Å²) < 4.78 is 25.9. The second kappa shape index (κ2) is 8.89. The van der Waals surface area contributed by atoms with Crippen LogP contribution in [0.5, 0.6) is 0 Å². The van der Waals surface area contributed by atoms with Crippen molar-refractivity contribution in [3.8, 4) is 28.3 Å². The highest BCUT2D eigenvalue weighted by Gasteiger charge is 2.20. The SMILES string of the molecule is CS(=O)(=O)Nc1cc(C#N)cc(-c2c[nH]c3ncc(-c4cccc(C(=O)N5CCCC5)c4)cc23)c1. The molecule has 3 heterocycles. The number of nitrogens with one attached hydrogen (secondary N) is 2. The van der Waals surface area contributed by atoms with E-state index in [9.17, 15) is 18.5 Å². The van der Waals surface area contributed by atoms with Crippen molar-refractivity contribution in [3.63, 3.8) is 0 Å². The minimum atomic E-state index is -3.50. The van der Waals surface area contributed by atoms with E-state index in [1.807, 2.05) is 35.2 Å². The van der Waals surface area contributed by atoms with E-state index in [4.69, 9.17) is 0 Å². The zero-order chi connectivity index (χ0) is 24.6. The zero-order valence-corrected chi connectivity index (χ0v) is 19.9. The third-order valence-corrected chi connectivity index (χ3v) is 6.65. The fourth-order valence-electron chi connectivity index (χ4n) is 4.46. The van der Waals surface area contributed by atoms with Crippen molar-refractivity contribution in [2.45, 2.75) is 12.8 Å². The van der Waals surface area contributed by atoms with Crippen molar-refractivity contribution in [2.75, 3.05) is 24.1 Å². The number of nitriles is 1. The molecule has 4 aromatic rings. The number of amides is 1. The Bertz CT molecular complexity index is 1600. The van der Waals surface area contributed by atoms with E-state index in [2.05, 4.69) is 20.8 Å². The van der Waals surface area contributed by atoms with E-state index in [0.29, 0.717) is 28.0 Å². The lowest BCUT2D eigenvalue weighted by Gasteiger charge is -2.15. The van der Waals surface area contributed by atoms with E-state index >= 15 is 0 Å². The van der Waals surface area contributed by atoms with Gasteiger partial charge in [0.15, 0.2) is 0 Å². The Morgan fingerprint density at radius 3 is 2.63 bits per heavy atom. The van der Waals surface area contributed by atoms with Crippen molar-refractivity contribution in [3.05, 3.63) is 72.1 Å². The molecule has 2 aromatic heterocycles. The minimum absolute atomic E-state index is 0.0416. The topological polar surface area (TPSA) is 119 Å². The number of rotatable bonds is 5. The molecule has 1 saturated heterocycles. The highest BCUT2D eigenvalue weighted by Crippen LogP contribution is 2.33. The Morgan fingerprint density at radius 2 is 1.89 bits per heavy atom. The molecule has 8 nitrogen and oxygen atoms in total. The lowest BCUT2D eigenvalue weighted by Crippen LogP contribution is -2.27. The molecule has 0 bridgehead atoms. The highest BCUT2D eigenvalue weighted by molar-refractivity contribution is 7.92. The quantitative estimate of drug-likeness (QED) is 0.435. The van der Waals surface area contributed by atoms with Crippen LogP contribution in [0.1, 0.15) is 28.8 Å². The van der Waals surface area contributed by atoms with E-state index in [-0.39, 0.29) is 5.91 Å². The summed E-state index contributed by atoms with van der Waals surface area (Å²) in [5, 5.41) is 10.3. The first kappa shape index (κ1) is 22.6. The lowest BCUT2D eigenvalue weighted by atomic mass is 9.99. The number of sulfonamides is 1. The number of carbonyl (C=O) groups is 1. The van der Waals surface area contributed by atoms with Crippen LogP contribution in [0.15, 0.2) is 60.9 Å². The minimum Gasteiger partial charge on any atom is -0.346 e. The number of likely N-dealkylation sites (tertiary alicyclic amines) is 1. The van der Waals surface area contributed by atoms with Gasteiger partial charge in [-0.1, -0.05) is 12.1 Å². The maximum absolute atomic E-state index is 12.9. The van der Waals surface area contributed by atoms with Gasteiger partial charge >= 0.3 is 0 Å². The van der Waals surface area contributed by atoms with Crippen LogP contribution in [0, 0.1) is 11.3 Å². The maximum atomic E-state index is 12.9. The molecule has 1 aliphatic rings. The van der Waals surface area contributed by atoms with Gasteiger partial charge < -0.3 is 9.88 Å². The van der Waals surface area contributed by atoms with Gasteiger partial charge in [-0.2, -0.15) is 5.26 Å². The zero-order valence-electron chi connectivity index (χ0n) is 19.1. The number of aromatic nitrogens is 2. The molecule has 2 aromatic carbocycles. The number of nitrogens with zero attached hydrogens (tertiary/aromatic N) is 3. The highest BCUT2D eigenvalue weighted by atomic mass is 32.2. The van der Waals surface area contributed by atoms with Crippen LogP contribution in [-0.4, -0.2) is 48.5 Å². The van der Waals surface area contributed by atoms with Crippen molar-refractivity contribution >= 4 is 32.7 Å². The first-order valence-electron chi connectivity index (χ1n) is 11.2. The molecular weight excluding hydrogens is 462 g/mol. The Labute approximate surface area is 203 Å². The van der Waals surface area contributed by atoms with Gasteiger partial charge in [-0.3, -0.25) is 9.52 Å². The summed E-state index contributed by atoms with van der Waals surface area (Å²) in [5.41, 5.74) is 5.14. The predicted octanol–water partition coefficient (Wildman–Crippen LogP) is 4.38. The Hall–Kier alpha value is -4.16. The van der Waals surface area contributed by atoms with Gasteiger partial charge in [0.1, 0.15) is 5.65 Å². The second-order valence-electron chi connectivity index (χ2n) is 8.69. The van der Waals surface area contributed by atoms with Crippen molar-refractivity contribution in [1.82, 2.24) is 14.9 Å². The van der Waals surface area contributed by atoms with Crippen LogP contribution in [0.2, 0.25) is 0 Å². The second-order valence-corrected chi connectivity index (χ2v) is 10.4. The number of fused-ring (bicyclic) bond motifs is 1. The van der Waals surface area contributed by atoms with Gasteiger partial charge in [0.25, 0.3) is 5.91 Å². The van der Waals surface area contributed by atoms with Gasteiger partial charge in [-0.05, 0) is 60.4 Å². The average molecular weight is 486 g/mol. The first-order valence-corrected chi connectivity index (χ1v) is 13.1. The molecule has 0 saturated carbocycles. The van der Waals surface area contributed by atoms with Crippen LogP contribution in [0.3, 0.4) is 0 Å². The third-order valence-electron chi connectivity index (χ3n) is 6.04. The van der Waals surface area contributed by atoms with E-state index < -0.39 is 10.0 Å². The monoisotopic (exact) mass is 485 g/mol. The summed E-state index contributed by atoms with van der Waals surface area (Å²) in [6.07, 6.45) is 6.68. The number of H-pyrrole nitrogens is 1. The number of benzene rings is 2. The van der Waals surface area contributed by atoms with Gasteiger partial charge in [0.2, 0.25) is 10.0 Å². The third kappa shape index (κ3) is 4.74. The molecule has 176 valence electrons. The van der Waals surface area contributed by atoms with E-state index in [1.165, 1.54) is 6.07 Å². The standard InChI is InChI=1S/C26H23N5O3S/c1-35(33,34)30-22-10-17(14-27)9-20(12-22)24-16-29-25-23(24)13-21(15-28-25)18-5-4-6-19(11-18)26(32)31-7-2-3-8-31/h4-6,9-13,15-16,30H,2-3,7-8H2,1H3,(H,28,29). The molecule has 0 atom stereocenters. The van der Waals surface area contributed by atoms with Gasteiger partial charge in [-0.15, -0.1) is 0 Å². The molecule has 2 N–H and O–H groups in total. The summed E-state index contributed by atoms with van der Waals surface area (Å²) in [7, 11) is -3.50. The smallest absolute Gasteiger partial charge is 0.253 e. The molecule has 0 aliphatic carbocycles. The number of hydrogen-bond acceptors (Lipinski definition) is 5. The Morgan fingerprint density at radius 1 is 1.09 bits per heavy atom. The summed E-state index contributed by atoms with van der Waals surface area (Å²) in [5.74, 6) is 0.0416. The molecule has 0 radical (unpaired) electrons. The number of aromatic amines is 1. The van der Waals surface area contributed by atoms with Crippen LogP contribution in [0.4, 0.5) is 5.69 Å². The fraction of sp³-hybridized carbons (Fsp3) is 0.192. The van der Waals surface area contributed by atoms with Gasteiger partial charge in [-0.25, -0.2) is 13.4 Å².